The van der Waals surface area contributed by atoms with Crippen LogP contribution in [0, 0.1) is 18.8 Å². The van der Waals surface area contributed by atoms with Gasteiger partial charge in [-0.05, 0) is 30.9 Å². The lowest BCUT2D eigenvalue weighted by Gasteiger charge is -2.12. The van der Waals surface area contributed by atoms with Crippen molar-refractivity contribution >= 4 is 11.7 Å². The molecule has 0 radical (unpaired) electrons. The van der Waals surface area contributed by atoms with E-state index in [1.807, 2.05) is 19.9 Å². The van der Waals surface area contributed by atoms with E-state index in [1.165, 1.54) is 6.08 Å². The topological polar surface area (TPSA) is 71.5 Å². The lowest BCUT2D eigenvalue weighted by Crippen LogP contribution is -2.12. The maximum Gasteiger partial charge on any atom is 0.154 e. The molecular formula is C15H23N3O. The van der Waals surface area contributed by atoms with Gasteiger partial charge in [0.25, 0.3) is 0 Å². The Hall–Kier alpha value is -1.84. The van der Waals surface area contributed by atoms with Gasteiger partial charge in [0.15, 0.2) is 5.82 Å². The van der Waals surface area contributed by atoms with Gasteiger partial charge in [0.1, 0.15) is 5.84 Å². The zero-order valence-electron chi connectivity index (χ0n) is 12.1. The van der Waals surface area contributed by atoms with Gasteiger partial charge in [0.05, 0.1) is 5.76 Å². The Balaban J connectivity index is 2.76. The van der Waals surface area contributed by atoms with E-state index in [2.05, 4.69) is 23.8 Å². The molecule has 4 nitrogen and oxygen atoms in total. The summed E-state index contributed by atoms with van der Waals surface area (Å²) in [7, 11) is 0. The summed E-state index contributed by atoms with van der Waals surface area (Å²) in [6.45, 7) is 8.18. The Morgan fingerprint density at radius 1 is 1.42 bits per heavy atom. The molecule has 0 aliphatic heterocycles. The number of amidine groups is 1. The summed E-state index contributed by atoms with van der Waals surface area (Å²) in [5.74, 6) is 1.69. The smallest absolute Gasteiger partial charge is 0.154 e. The molecule has 0 amide bonds. The van der Waals surface area contributed by atoms with Crippen molar-refractivity contribution in [1.29, 1.82) is 0 Å². The summed E-state index contributed by atoms with van der Waals surface area (Å²) in [4.78, 5) is 8.29. The third-order valence-corrected chi connectivity index (χ3v) is 2.77. The van der Waals surface area contributed by atoms with Crippen LogP contribution in [-0.4, -0.2) is 15.9 Å². The van der Waals surface area contributed by atoms with Crippen LogP contribution in [0.15, 0.2) is 35.2 Å². The number of pyridine rings is 1. The molecule has 3 N–H and O–H groups in total. The molecule has 104 valence electrons. The molecule has 19 heavy (non-hydrogen) atoms. The van der Waals surface area contributed by atoms with Crippen molar-refractivity contribution in [2.75, 3.05) is 0 Å². The normalized spacial score (nSPS) is 14.8. The average Bonchev–Trinajstić information content (AvgIpc) is 2.31. The molecule has 0 saturated heterocycles. The minimum atomic E-state index is 0.0831. The molecule has 0 fully saturated rings. The minimum Gasteiger partial charge on any atom is -0.512 e. The highest BCUT2D eigenvalue weighted by Crippen LogP contribution is 2.17. The van der Waals surface area contributed by atoms with Gasteiger partial charge in [0.2, 0.25) is 0 Å². The summed E-state index contributed by atoms with van der Waals surface area (Å²) >= 11 is 0. The van der Waals surface area contributed by atoms with Crippen LogP contribution in [0.1, 0.15) is 32.8 Å². The Morgan fingerprint density at radius 3 is 2.63 bits per heavy atom. The monoisotopic (exact) mass is 261 g/mol. The molecule has 1 heterocycles. The maximum atomic E-state index is 9.94. The SMILES string of the molecule is Cc1ccc(N=C(N)/C=C(\O)[C@@H](C)CC(C)C)nc1. The van der Waals surface area contributed by atoms with Crippen molar-refractivity contribution in [2.24, 2.45) is 22.6 Å². The Labute approximate surface area is 115 Å². The second kappa shape index (κ2) is 6.92. The number of aromatic nitrogens is 1. The molecule has 0 aliphatic rings. The van der Waals surface area contributed by atoms with Gasteiger partial charge >= 0.3 is 0 Å². The summed E-state index contributed by atoms with van der Waals surface area (Å²) in [6.07, 6.45) is 4.16. The zero-order valence-corrected chi connectivity index (χ0v) is 12.1. The summed E-state index contributed by atoms with van der Waals surface area (Å²) in [5.41, 5.74) is 6.86. The van der Waals surface area contributed by atoms with E-state index in [-0.39, 0.29) is 17.5 Å². The van der Waals surface area contributed by atoms with Crippen LogP contribution in [0.3, 0.4) is 0 Å². The highest BCUT2D eigenvalue weighted by molar-refractivity contribution is 5.93. The lowest BCUT2D eigenvalue weighted by molar-refractivity contribution is 0.313. The molecule has 1 aromatic heterocycles. The molecular weight excluding hydrogens is 238 g/mol. The summed E-state index contributed by atoms with van der Waals surface area (Å²) in [6, 6.07) is 3.72. The van der Waals surface area contributed by atoms with Crippen LogP contribution < -0.4 is 5.73 Å². The standard InChI is InChI=1S/C15H23N3O/c1-10(2)7-12(4)13(19)8-14(16)18-15-6-5-11(3)9-17-15/h5-6,8-10,12,19H,7H2,1-4H3,(H2,16,17,18)/b13-8-/t12-/m0/s1. The van der Waals surface area contributed by atoms with Crippen LogP contribution in [0.25, 0.3) is 0 Å². The molecule has 0 spiro atoms. The highest BCUT2D eigenvalue weighted by atomic mass is 16.3. The average molecular weight is 261 g/mol. The number of aliphatic hydroxyl groups excluding tert-OH is 1. The predicted octanol–water partition coefficient (Wildman–Crippen LogP) is 3.50. The van der Waals surface area contributed by atoms with Gasteiger partial charge in [-0.2, -0.15) is 0 Å². The van der Waals surface area contributed by atoms with Crippen LogP contribution in [0.5, 0.6) is 0 Å². The molecule has 0 aromatic carbocycles. The maximum absolute atomic E-state index is 9.94. The molecule has 0 aliphatic carbocycles. The third-order valence-electron chi connectivity index (χ3n) is 2.77. The largest absolute Gasteiger partial charge is 0.512 e. The van der Waals surface area contributed by atoms with Crippen molar-refractivity contribution < 1.29 is 5.11 Å². The lowest BCUT2D eigenvalue weighted by atomic mass is 9.97. The third kappa shape index (κ3) is 5.55. The van der Waals surface area contributed by atoms with Gasteiger partial charge in [-0.25, -0.2) is 9.98 Å². The van der Waals surface area contributed by atoms with Crippen LogP contribution in [-0.2, 0) is 0 Å². The van der Waals surface area contributed by atoms with Gasteiger partial charge < -0.3 is 10.8 Å². The number of rotatable bonds is 5. The molecule has 1 atom stereocenters. The first-order valence-electron chi connectivity index (χ1n) is 6.56. The van der Waals surface area contributed by atoms with E-state index in [4.69, 9.17) is 5.73 Å². The first-order valence-corrected chi connectivity index (χ1v) is 6.56. The van der Waals surface area contributed by atoms with Crippen LogP contribution in [0.2, 0.25) is 0 Å². The molecule has 0 saturated carbocycles. The van der Waals surface area contributed by atoms with Crippen LogP contribution in [0.4, 0.5) is 5.82 Å². The minimum absolute atomic E-state index is 0.0831. The van der Waals surface area contributed by atoms with E-state index < -0.39 is 0 Å². The number of aliphatic imine (C=N–C) groups is 1. The highest BCUT2D eigenvalue weighted by Gasteiger charge is 2.09. The van der Waals surface area contributed by atoms with Gasteiger partial charge in [-0.3, -0.25) is 0 Å². The van der Waals surface area contributed by atoms with Crippen LogP contribution >= 0.6 is 0 Å². The Kier molecular flexibility index (Phi) is 5.55. The fourth-order valence-corrected chi connectivity index (χ4v) is 1.81. The quantitative estimate of drug-likeness (QED) is 0.484. The van der Waals surface area contributed by atoms with Gasteiger partial charge in [0, 0.05) is 18.2 Å². The van der Waals surface area contributed by atoms with E-state index in [0.29, 0.717) is 11.7 Å². The van der Waals surface area contributed by atoms with Crippen molar-refractivity contribution in [3.8, 4) is 0 Å². The predicted molar refractivity (Wildman–Crippen MR) is 79.6 cm³/mol. The van der Waals surface area contributed by atoms with Gasteiger partial charge in [-0.15, -0.1) is 0 Å². The number of aliphatic hydroxyl groups is 1. The number of hydrogen-bond acceptors (Lipinski definition) is 3. The fraction of sp³-hybridized carbons (Fsp3) is 0.467. The zero-order chi connectivity index (χ0) is 14.4. The first kappa shape index (κ1) is 15.2. The van der Waals surface area contributed by atoms with Crippen molar-refractivity contribution in [3.05, 3.63) is 35.7 Å². The molecule has 0 bridgehead atoms. The molecule has 0 unspecified atom stereocenters. The molecule has 4 heteroatoms. The second-order valence-corrected chi connectivity index (χ2v) is 5.33. The van der Waals surface area contributed by atoms with E-state index >= 15 is 0 Å². The number of aryl methyl sites for hydroxylation is 1. The van der Waals surface area contributed by atoms with E-state index in [9.17, 15) is 5.11 Å². The Morgan fingerprint density at radius 2 is 2.11 bits per heavy atom. The Bertz CT molecular complexity index is 461. The number of hydrogen-bond donors (Lipinski definition) is 2. The first-order chi connectivity index (χ1) is 8.88. The van der Waals surface area contributed by atoms with Gasteiger partial charge in [-0.1, -0.05) is 26.8 Å². The van der Waals surface area contributed by atoms with Crippen molar-refractivity contribution in [2.45, 2.75) is 34.1 Å². The number of nitrogens with two attached hydrogens (primary N) is 1. The van der Waals surface area contributed by atoms with Crippen molar-refractivity contribution in [3.63, 3.8) is 0 Å². The molecule has 1 aromatic rings. The second-order valence-electron chi connectivity index (χ2n) is 5.33. The number of nitrogens with zero attached hydrogens (tertiary/aromatic N) is 2. The van der Waals surface area contributed by atoms with Crippen molar-refractivity contribution in [1.82, 2.24) is 4.98 Å². The fourth-order valence-electron chi connectivity index (χ4n) is 1.81. The molecule has 1 rings (SSSR count). The summed E-state index contributed by atoms with van der Waals surface area (Å²) < 4.78 is 0. The number of allylic oxidation sites excluding steroid dienone is 1. The van der Waals surface area contributed by atoms with E-state index in [0.717, 1.165) is 12.0 Å². The summed E-state index contributed by atoms with van der Waals surface area (Å²) in [5, 5.41) is 9.94. The van der Waals surface area contributed by atoms with E-state index in [1.54, 1.807) is 12.3 Å².